The fourth-order valence-corrected chi connectivity index (χ4v) is 5.31. The second kappa shape index (κ2) is 7.24. The van der Waals surface area contributed by atoms with Crippen LogP contribution in [0.1, 0.15) is 38.5 Å². The molecule has 0 aromatic heterocycles. The van der Waals surface area contributed by atoms with Gasteiger partial charge in [0.05, 0.1) is 10.8 Å². The summed E-state index contributed by atoms with van der Waals surface area (Å²) in [6.45, 7) is 1.34. The van der Waals surface area contributed by atoms with Crippen molar-refractivity contribution in [2.75, 3.05) is 24.5 Å². The monoisotopic (exact) mass is 391 g/mol. The lowest BCUT2D eigenvalue weighted by Gasteiger charge is -2.31. The molecule has 0 radical (unpaired) electrons. The molecule has 4 rings (SSSR count). The summed E-state index contributed by atoms with van der Waals surface area (Å²) in [6.07, 6.45) is 4.82. The van der Waals surface area contributed by atoms with E-state index in [0.717, 1.165) is 31.4 Å². The average molecular weight is 391 g/mol. The van der Waals surface area contributed by atoms with E-state index in [-0.39, 0.29) is 35.2 Å². The Morgan fingerprint density at radius 1 is 1.04 bits per heavy atom. The number of piperidine rings is 1. The van der Waals surface area contributed by atoms with Gasteiger partial charge < -0.3 is 10.2 Å². The molecule has 8 heteroatoms. The molecule has 27 heavy (non-hydrogen) atoms. The Bertz CT molecular complexity index is 833. The molecule has 3 aliphatic rings. The summed E-state index contributed by atoms with van der Waals surface area (Å²) in [4.78, 5) is 26.1. The summed E-state index contributed by atoms with van der Waals surface area (Å²) in [5.41, 5.74) is 0.733. The molecule has 7 nitrogen and oxygen atoms in total. The first kappa shape index (κ1) is 18.4. The van der Waals surface area contributed by atoms with Gasteiger partial charge in [-0.2, -0.15) is 4.31 Å². The van der Waals surface area contributed by atoms with E-state index in [0.29, 0.717) is 25.9 Å². The Morgan fingerprint density at radius 3 is 2.41 bits per heavy atom. The maximum absolute atomic E-state index is 13.0. The fraction of sp³-hybridized carbons (Fsp3) is 0.579. The van der Waals surface area contributed by atoms with Gasteiger partial charge in [0.1, 0.15) is 0 Å². The number of benzene rings is 1. The number of hydrogen-bond donors (Lipinski definition) is 1. The topological polar surface area (TPSA) is 86.8 Å². The Kier molecular flexibility index (Phi) is 4.94. The van der Waals surface area contributed by atoms with Crippen molar-refractivity contribution in [3.63, 3.8) is 0 Å². The molecular weight excluding hydrogens is 366 g/mol. The number of rotatable bonds is 5. The number of carbonyl (C=O) groups is 2. The van der Waals surface area contributed by atoms with E-state index in [1.54, 1.807) is 29.2 Å². The zero-order valence-electron chi connectivity index (χ0n) is 15.3. The molecule has 1 atom stereocenters. The van der Waals surface area contributed by atoms with Gasteiger partial charge in [-0.05, 0) is 56.4 Å². The molecule has 2 amide bonds. The Labute approximate surface area is 159 Å². The standard InChI is InChI=1S/C19H25N3O4S/c23-18-4-2-12-22(18)16-7-9-17(10-8-16)27(25,26)21-11-1-3-14(13-21)19(24)20-15-5-6-15/h7-10,14-15H,1-6,11-13H2,(H,20,24). The van der Waals surface area contributed by atoms with Gasteiger partial charge in [-0.25, -0.2) is 8.42 Å². The molecular formula is C19H25N3O4S. The first-order chi connectivity index (χ1) is 12.9. The molecule has 0 spiro atoms. The van der Waals surface area contributed by atoms with Crippen LogP contribution in [0.4, 0.5) is 5.69 Å². The second-order valence-electron chi connectivity index (χ2n) is 7.63. The molecule has 2 heterocycles. The molecule has 1 aromatic carbocycles. The van der Waals surface area contributed by atoms with E-state index < -0.39 is 10.0 Å². The molecule has 2 aliphatic heterocycles. The first-order valence-corrected chi connectivity index (χ1v) is 11.1. The highest BCUT2D eigenvalue weighted by Crippen LogP contribution is 2.28. The predicted octanol–water partition coefficient (Wildman–Crippen LogP) is 1.49. The minimum absolute atomic E-state index is 0.0275. The van der Waals surface area contributed by atoms with Crippen molar-refractivity contribution in [2.45, 2.75) is 49.5 Å². The highest BCUT2D eigenvalue weighted by molar-refractivity contribution is 7.89. The first-order valence-electron chi connectivity index (χ1n) is 9.66. The highest BCUT2D eigenvalue weighted by Gasteiger charge is 2.35. The molecule has 1 N–H and O–H groups in total. The lowest BCUT2D eigenvalue weighted by atomic mass is 9.99. The van der Waals surface area contributed by atoms with Gasteiger partial charge in [-0.15, -0.1) is 0 Å². The molecule has 3 fully saturated rings. The van der Waals surface area contributed by atoms with E-state index in [9.17, 15) is 18.0 Å². The summed E-state index contributed by atoms with van der Waals surface area (Å²) in [5, 5.41) is 2.98. The number of anilines is 1. The van der Waals surface area contributed by atoms with Crippen LogP contribution >= 0.6 is 0 Å². The van der Waals surface area contributed by atoms with Crippen LogP contribution in [0.3, 0.4) is 0 Å². The maximum Gasteiger partial charge on any atom is 0.243 e. The molecule has 1 aromatic rings. The third-order valence-electron chi connectivity index (χ3n) is 5.54. The molecule has 1 unspecified atom stereocenters. The molecule has 0 bridgehead atoms. The summed E-state index contributed by atoms with van der Waals surface area (Å²) < 4.78 is 27.4. The lowest BCUT2D eigenvalue weighted by molar-refractivity contribution is -0.126. The predicted molar refractivity (Wildman–Crippen MR) is 101 cm³/mol. The molecule has 1 saturated carbocycles. The van der Waals surface area contributed by atoms with Crippen LogP contribution in [-0.2, 0) is 19.6 Å². The molecule has 146 valence electrons. The lowest BCUT2D eigenvalue weighted by Crippen LogP contribution is -2.45. The number of nitrogens with zero attached hydrogens (tertiary/aromatic N) is 2. The average Bonchev–Trinajstić information content (AvgIpc) is 3.39. The maximum atomic E-state index is 13.0. The van der Waals surface area contributed by atoms with Gasteiger partial charge in [0, 0.05) is 37.8 Å². The van der Waals surface area contributed by atoms with Gasteiger partial charge in [0.2, 0.25) is 21.8 Å². The van der Waals surface area contributed by atoms with Crippen molar-refractivity contribution in [2.24, 2.45) is 5.92 Å². The van der Waals surface area contributed by atoms with Crippen LogP contribution in [0.15, 0.2) is 29.2 Å². The quantitative estimate of drug-likeness (QED) is 0.824. The number of hydrogen-bond acceptors (Lipinski definition) is 4. The summed E-state index contributed by atoms with van der Waals surface area (Å²) in [7, 11) is -3.65. The zero-order chi connectivity index (χ0) is 19.0. The van der Waals surface area contributed by atoms with E-state index in [1.807, 2.05) is 0 Å². The summed E-state index contributed by atoms with van der Waals surface area (Å²) >= 11 is 0. The molecule has 1 aliphatic carbocycles. The molecule has 2 saturated heterocycles. The Balaban J connectivity index is 1.46. The van der Waals surface area contributed by atoms with E-state index in [4.69, 9.17) is 0 Å². The summed E-state index contributed by atoms with van der Waals surface area (Å²) in [6, 6.07) is 6.79. The second-order valence-corrected chi connectivity index (χ2v) is 9.57. The summed E-state index contributed by atoms with van der Waals surface area (Å²) in [5.74, 6) is -0.234. The van der Waals surface area contributed by atoms with Crippen molar-refractivity contribution in [3.8, 4) is 0 Å². The van der Waals surface area contributed by atoms with Gasteiger partial charge in [-0.3, -0.25) is 9.59 Å². The third-order valence-corrected chi connectivity index (χ3v) is 7.42. The van der Waals surface area contributed by atoms with Crippen molar-refractivity contribution in [1.29, 1.82) is 0 Å². The van der Waals surface area contributed by atoms with Gasteiger partial charge in [-0.1, -0.05) is 0 Å². The third kappa shape index (κ3) is 3.87. The number of nitrogens with one attached hydrogen (secondary N) is 1. The van der Waals surface area contributed by atoms with Crippen molar-refractivity contribution in [3.05, 3.63) is 24.3 Å². The number of amides is 2. The SMILES string of the molecule is O=C(NC1CC1)C1CCCN(S(=O)(=O)c2ccc(N3CCCC3=O)cc2)C1. The van der Waals surface area contributed by atoms with E-state index in [2.05, 4.69) is 5.32 Å². The van der Waals surface area contributed by atoms with Crippen LogP contribution in [0.5, 0.6) is 0 Å². The number of sulfonamides is 1. The van der Waals surface area contributed by atoms with E-state index in [1.165, 1.54) is 4.31 Å². The van der Waals surface area contributed by atoms with Crippen molar-refractivity contribution in [1.82, 2.24) is 9.62 Å². The van der Waals surface area contributed by atoms with E-state index >= 15 is 0 Å². The van der Waals surface area contributed by atoms with Crippen molar-refractivity contribution >= 4 is 27.5 Å². The van der Waals surface area contributed by atoms with Crippen LogP contribution in [0.25, 0.3) is 0 Å². The zero-order valence-corrected chi connectivity index (χ0v) is 16.1. The largest absolute Gasteiger partial charge is 0.353 e. The van der Waals surface area contributed by atoms with Crippen molar-refractivity contribution < 1.29 is 18.0 Å². The Hall–Kier alpha value is -1.93. The van der Waals surface area contributed by atoms with Gasteiger partial charge >= 0.3 is 0 Å². The fourth-order valence-electron chi connectivity index (χ4n) is 3.79. The Morgan fingerprint density at radius 2 is 1.78 bits per heavy atom. The van der Waals surface area contributed by atoms with Crippen LogP contribution in [0, 0.1) is 5.92 Å². The van der Waals surface area contributed by atoms with Crippen LogP contribution < -0.4 is 10.2 Å². The van der Waals surface area contributed by atoms with Crippen LogP contribution in [0.2, 0.25) is 0 Å². The van der Waals surface area contributed by atoms with Gasteiger partial charge in [0.25, 0.3) is 0 Å². The van der Waals surface area contributed by atoms with Gasteiger partial charge in [0.15, 0.2) is 0 Å². The minimum atomic E-state index is -3.65. The minimum Gasteiger partial charge on any atom is -0.353 e. The highest BCUT2D eigenvalue weighted by atomic mass is 32.2. The number of carbonyl (C=O) groups excluding carboxylic acids is 2. The van der Waals surface area contributed by atoms with Crippen LogP contribution in [-0.4, -0.2) is 50.2 Å². The smallest absolute Gasteiger partial charge is 0.243 e. The normalized spacial score (nSPS) is 24.2.